The Balaban J connectivity index is 1.87. The summed E-state index contributed by atoms with van der Waals surface area (Å²) in [5.74, 6) is -0.433. The normalized spacial score (nSPS) is 15.4. The molecule has 28 heavy (non-hydrogen) atoms. The summed E-state index contributed by atoms with van der Waals surface area (Å²) in [4.78, 5) is 26.4. The van der Waals surface area contributed by atoms with E-state index in [1.807, 2.05) is 30.3 Å². The van der Waals surface area contributed by atoms with Crippen molar-refractivity contribution >= 4 is 33.6 Å². The lowest BCUT2D eigenvalue weighted by molar-refractivity contribution is -0.384. The van der Waals surface area contributed by atoms with E-state index in [0.717, 1.165) is 4.90 Å². The Bertz CT molecular complexity index is 990. The number of likely N-dealkylation sites (tertiary alicyclic amines) is 1. The van der Waals surface area contributed by atoms with Crippen LogP contribution >= 0.6 is 11.8 Å². The van der Waals surface area contributed by atoms with Crippen LogP contribution in [-0.4, -0.2) is 42.5 Å². The van der Waals surface area contributed by atoms with Gasteiger partial charge in [0.25, 0.3) is 11.6 Å². The zero-order valence-corrected chi connectivity index (χ0v) is 16.3. The molecule has 0 unspecified atom stereocenters. The highest BCUT2D eigenvalue weighted by molar-refractivity contribution is 7.99. The van der Waals surface area contributed by atoms with Crippen LogP contribution in [0.5, 0.6) is 0 Å². The summed E-state index contributed by atoms with van der Waals surface area (Å²) < 4.78 is 35.3. The number of carbonyl (C=O) groups excluding carboxylic acids is 1. The highest BCUT2D eigenvalue weighted by Crippen LogP contribution is 2.34. The van der Waals surface area contributed by atoms with Crippen LogP contribution in [0.25, 0.3) is 0 Å². The summed E-state index contributed by atoms with van der Waals surface area (Å²) in [6, 6.07) is 13.4. The van der Waals surface area contributed by atoms with Gasteiger partial charge in [0.05, 0.1) is 15.7 Å². The van der Waals surface area contributed by atoms with Crippen molar-refractivity contribution in [3.8, 4) is 0 Å². The fraction of sp³-hybridized carbons (Fsp3) is 0.278. The molecule has 3 rings (SSSR count). The van der Waals surface area contributed by atoms with E-state index in [4.69, 9.17) is 0 Å². The SMILES string of the molecule is O=C(c1cc([N+](=O)[O-])ccc1Sc1ccccc1)N1CCC(S(=O)(=O)F)CC1. The maximum absolute atomic E-state index is 13.2. The Hall–Kier alpha value is -2.46. The molecule has 148 valence electrons. The first-order valence-electron chi connectivity index (χ1n) is 8.50. The molecule has 1 saturated heterocycles. The van der Waals surface area contributed by atoms with E-state index in [9.17, 15) is 27.2 Å². The Labute approximate surface area is 165 Å². The quantitative estimate of drug-likeness (QED) is 0.413. The lowest BCUT2D eigenvalue weighted by Crippen LogP contribution is -2.41. The van der Waals surface area contributed by atoms with Crippen LogP contribution in [0.1, 0.15) is 23.2 Å². The Kier molecular flexibility index (Phi) is 5.99. The fourth-order valence-corrected chi connectivity index (χ4v) is 4.73. The lowest BCUT2D eigenvalue weighted by Gasteiger charge is -2.30. The molecule has 10 heteroatoms. The van der Waals surface area contributed by atoms with Crippen molar-refractivity contribution in [2.24, 2.45) is 0 Å². The van der Waals surface area contributed by atoms with Crippen molar-refractivity contribution < 1.29 is 22.0 Å². The van der Waals surface area contributed by atoms with Gasteiger partial charge in [-0.3, -0.25) is 14.9 Å². The molecule has 1 heterocycles. The summed E-state index contributed by atoms with van der Waals surface area (Å²) in [5.41, 5.74) is -0.0356. The number of rotatable bonds is 5. The van der Waals surface area contributed by atoms with Crippen molar-refractivity contribution in [3.63, 3.8) is 0 Å². The van der Waals surface area contributed by atoms with E-state index in [1.54, 1.807) is 0 Å². The highest BCUT2D eigenvalue weighted by Gasteiger charge is 2.32. The molecule has 0 spiro atoms. The van der Waals surface area contributed by atoms with E-state index in [1.165, 1.54) is 34.9 Å². The second-order valence-electron chi connectivity index (χ2n) is 6.32. The van der Waals surface area contributed by atoms with Crippen LogP contribution in [0.3, 0.4) is 0 Å². The zero-order valence-electron chi connectivity index (χ0n) is 14.7. The molecule has 0 N–H and O–H groups in total. The number of hydrogen-bond acceptors (Lipinski definition) is 6. The molecule has 7 nitrogen and oxygen atoms in total. The predicted octanol–water partition coefficient (Wildman–Crippen LogP) is 3.65. The number of nitro benzene ring substituents is 1. The molecule has 0 aliphatic carbocycles. The summed E-state index contributed by atoms with van der Waals surface area (Å²) in [6.07, 6.45) is 0.00131. The number of nitro groups is 1. The first-order valence-corrected chi connectivity index (χ1v) is 10.8. The second-order valence-corrected chi connectivity index (χ2v) is 9.05. The smallest absolute Gasteiger partial charge is 0.305 e. The number of piperidine rings is 1. The highest BCUT2D eigenvalue weighted by atomic mass is 32.3. The average molecular weight is 424 g/mol. The van der Waals surface area contributed by atoms with E-state index < -0.39 is 26.3 Å². The Morgan fingerprint density at radius 2 is 1.79 bits per heavy atom. The van der Waals surface area contributed by atoms with Gasteiger partial charge in [0.2, 0.25) is 0 Å². The van der Waals surface area contributed by atoms with Crippen LogP contribution in [0.2, 0.25) is 0 Å². The predicted molar refractivity (Wildman–Crippen MR) is 103 cm³/mol. The summed E-state index contributed by atoms with van der Waals surface area (Å²) >= 11 is 1.31. The van der Waals surface area contributed by atoms with Crippen LogP contribution in [0.4, 0.5) is 9.57 Å². The molecule has 2 aromatic rings. The van der Waals surface area contributed by atoms with Gasteiger partial charge in [-0.1, -0.05) is 30.0 Å². The summed E-state index contributed by atoms with van der Waals surface area (Å²) in [7, 11) is -4.64. The van der Waals surface area contributed by atoms with E-state index in [2.05, 4.69) is 0 Å². The Morgan fingerprint density at radius 1 is 1.14 bits per heavy atom. The van der Waals surface area contributed by atoms with Crippen LogP contribution in [0.15, 0.2) is 58.3 Å². The van der Waals surface area contributed by atoms with Gasteiger partial charge in [0.1, 0.15) is 0 Å². The number of non-ortho nitro benzene ring substituents is 1. The van der Waals surface area contributed by atoms with E-state index >= 15 is 0 Å². The third kappa shape index (κ3) is 4.68. The zero-order chi connectivity index (χ0) is 20.3. The maximum atomic E-state index is 13.2. The van der Waals surface area contributed by atoms with Gasteiger partial charge in [-0.25, -0.2) is 0 Å². The van der Waals surface area contributed by atoms with E-state index in [-0.39, 0.29) is 37.2 Å². The average Bonchev–Trinajstić information content (AvgIpc) is 2.68. The first-order chi connectivity index (χ1) is 13.3. The number of amides is 1. The number of hydrogen-bond donors (Lipinski definition) is 0. The van der Waals surface area contributed by atoms with Crippen molar-refractivity contribution in [3.05, 3.63) is 64.2 Å². The monoisotopic (exact) mass is 424 g/mol. The number of carbonyl (C=O) groups is 1. The summed E-state index contributed by atoms with van der Waals surface area (Å²) in [5, 5.41) is 10.0. The lowest BCUT2D eigenvalue weighted by atomic mass is 10.1. The minimum Gasteiger partial charge on any atom is -0.339 e. The van der Waals surface area contributed by atoms with E-state index in [0.29, 0.717) is 4.90 Å². The topological polar surface area (TPSA) is 97.6 Å². The molecule has 0 bridgehead atoms. The van der Waals surface area contributed by atoms with Crippen LogP contribution in [0, 0.1) is 10.1 Å². The Morgan fingerprint density at radius 3 is 2.36 bits per heavy atom. The fourth-order valence-electron chi connectivity index (χ4n) is 3.01. The van der Waals surface area contributed by atoms with Gasteiger partial charge in [-0.15, -0.1) is 3.89 Å². The molecule has 0 atom stereocenters. The molecule has 1 aliphatic heterocycles. The molecule has 1 fully saturated rings. The van der Waals surface area contributed by atoms with Gasteiger partial charge in [-0.05, 0) is 31.0 Å². The van der Waals surface area contributed by atoms with Crippen LogP contribution < -0.4 is 0 Å². The maximum Gasteiger partial charge on any atom is 0.305 e. The molecule has 0 aromatic heterocycles. The minimum atomic E-state index is -4.64. The number of benzene rings is 2. The third-order valence-electron chi connectivity index (χ3n) is 4.50. The largest absolute Gasteiger partial charge is 0.339 e. The second kappa shape index (κ2) is 8.27. The molecule has 1 aliphatic rings. The van der Waals surface area contributed by atoms with Crippen molar-refractivity contribution in [2.75, 3.05) is 13.1 Å². The number of nitrogens with zero attached hydrogens (tertiary/aromatic N) is 2. The standard InChI is InChI=1S/C18H17FN2O5S2/c19-28(25,26)15-8-10-20(11-9-15)18(22)16-12-13(21(23)24)6-7-17(16)27-14-4-2-1-3-5-14/h1-7,12,15H,8-11H2. The number of halogens is 1. The van der Waals surface area contributed by atoms with Gasteiger partial charge in [-0.2, -0.15) is 8.42 Å². The molecular weight excluding hydrogens is 407 g/mol. The molecule has 1 amide bonds. The first kappa shape index (κ1) is 20.3. The van der Waals surface area contributed by atoms with Gasteiger partial charge in [0, 0.05) is 35.0 Å². The van der Waals surface area contributed by atoms with Crippen molar-refractivity contribution in [1.82, 2.24) is 4.90 Å². The third-order valence-corrected chi connectivity index (χ3v) is 6.85. The van der Waals surface area contributed by atoms with Gasteiger partial charge >= 0.3 is 10.2 Å². The van der Waals surface area contributed by atoms with Gasteiger partial charge in [0.15, 0.2) is 0 Å². The minimum absolute atomic E-state index is 0.000656. The van der Waals surface area contributed by atoms with Crippen molar-refractivity contribution in [2.45, 2.75) is 27.9 Å². The van der Waals surface area contributed by atoms with Gasteiger partial charge < -0.3 is 4.90 Å². The van der Waals surface area contributed by atoms with Crippen molar-refractivity contribution in [1.29, 1.82) is 0 Å². The molecular formula is C18H17FN2O5S2. The summed E-state index contributed by atoms with van der Waals surface area (Å²) in [6.45, 7) is 0.148. The molecule has 0 saturated carbocycles. The molecule has 0 radical (unpaired) electrons. The molecule has 2 aromatic carbocycles. The van der Waals surface area contributed by atoms with Crippen LogP contribution in [-0.2, 0) is 10.2 Å².